The Morgan fingerprint density at radius 3 is 2.50 bits per heavy atom. The Bertz CT molecular complexity index is 989. The molecule has 0 radical (unpaired) electrons. The molecule has 0 unspecified atom stereocenters. The number of hydrogen-bond acceptors (Lipinski definition) is 6. The van der Waals surface area contributed by atoms with Gasteiger partial charge in [0.1, 0.15) is 35.2 Å². The van der Waals surface area contributed by atoms with Gasteiger partial charge in [-0.25, -0.2) is 4.39 Å². The maximum atomic E-state index is 12.9. The quantitative estimate of drug-likeness (QED) is 0.588. The van der Waals surface area contributed by atoms with Gasteiger partial charge in [-0.05, 0) is 36.4 Å². The zero-order valence-electron chi connectivity index (χ0n) is 15.7. The lowest BCUT2D eigenvalue weighted by atomic mass is 10.1. The molecule has 1 aromatic heterocycles. The van der Waals surface area contributed by atoms with Gasteiger partial charge in [0, 0.05) is 13.0 Å². The highest BCUT2D eigenvalue weighted by Crippen LogP contribution is 2.22. The minimum Gasteiger partial charge on any atom is -0.511 e. The van der Waals surface area contributed by atoms with Crippen LogP contribution in [0, 0.1) is 5.82 Å². The van der Waals surface area contributed by atoms with Crippen LogP contribution in [0.25, 0.3) is 0 Å². The first-order valence-corrected chi connectivity index (χ1v) is 8.93. The Labute approximate surface area is 170 Å². The van der Waals surface area contributed by atoms with Crippen LogP contribution in [0.1, 0.15) is 12.1 Å². The Kier molecular flexibility index (Phi) is 6.26. The molecule has 0 aliphatic carbocycles. The first kappa shape index (κ1) is 20.8. The minimum absolute atomic E-state index is 0.0628. The summed E-state index contributed by atoms with van der Waals surface area (Å²) in [5.41, 5.74) is 0.0419. The molecule has 0 spiro atoms. The normalized spacial score (nSPS) is 13.9. The van der Waals surface area contributed by atoms with Crippen LogP contribution in [0.15, 0.2) is 53.9 Å². The van der Waals surface area contributed by atoms with Crippen molar-refractivity contribution in [1.82, 2.24) is 15.2 Å². The second-order valence-electron chi connectivity index (χ2n) is 6.42. The molecule has 9 nitrogen and oxygen atoms in total. The molecular formula is C20H18FN3O6. The topological polar surface area (TPSA) is 129 Å². The Hall–Kier alpha value is -3.95. The smallest absolute Gasteiger partial charge is 0.322 e. The fourth-order valence-electron chi connectivity index (χ4n) is 2.77. The number of benzene rings is 1. The molecule has 0 saturated heterocycles. The standard InChI is InChI=1S/C20H18FN3O6/c21-12-1-4-14(5-2-12)30-15-6-3-13(22-9-15)11-24-8-7-16(25)18(20(24)29)19(28)23-10-17(26)27/h1-6,9,25H,7-8,10-11H2,(H,23,28)(H,26,27). The van der Waals surface area contributed by atoms with Crippen molar-refractivity contribution < 1.29 is 33.7 Å². The van der Waals surface area contributed by atoms with Gasteiger partial charge in [0.15, 0.2) is 0 Å². The van der Waals surface area contributed by atoms with Crippen LogP contribution >= 0.6 is 0 Å². The fraction of sp³-hybridized carbons (Fsp3) is 0.200. The van der Waals surface area contributed by atoms with E-state index in [-0.39, 0.29) is 31.1 Å². The number of halogens is 1. The number of nitrogens with one attached hydrogen (secondary N) is 1. The second kappa shape index (κ2) is 9.03. The summed E-state index contributed by atoms with van der Waals surface area (Å²) in [6, 6.07) is 8.76. The Morgan fingerprint density at radius 2 is 1.87 bits per heavy atom. The third-order valence-corrected chi connectivity index (χ3v) is 4.24. The van der Waals surface area contributed by atoms with E-state index in [0.29, 0.717) is 17.2 Å². The van der Waals surface area contributed by atoms with Crippen molar-refractivity contribution in [1.29, 1.82) is 0 Å². The van der Waals surface area contributed by atoms with Crippen LogP contribution in [-0.4, -0.2) is 51.0 Å². The molecule has 3 N–H and O–H groups in total. The fourth-order valence-corrected chi connectivity index (χ4v) is 2.77. The monoisotopic (exact) mass is 415 g/mol. The van der Waals surface area contributed by atoms with Crippen LogP contribution in [0.4, 0.5) is 4.39 Å². The summed E-state index contributed by atoms with van der Waals surface area (Å²) in [5, 5.41) is 20.6. The first-order chi connectivity index (χ1) is 14.3. The molecule has 2 amide bonds. The molecule has 1 aliphatic rings. The highest BCUT2D eigenvalue weighted by Gasteiger charge is 2.32. The molecule has 0 fully saturated rings. The van der Waals surface area contributed by atoms with E-state index in [1.165, 1.54) is 35.4 Å². The van der Waals surface area contributed by atoms with E-state index < -0.39 is 29.9 Å². The van der Waals surface area contributed by atoms with Crippen LogP contribution < -0.4 is 10.1 Å². The number of aliphatic hydroxyl groups is 1. The number of carbonyl (C=O) groups excluding carboxylic acids is 2. The van der Waals surface area contributed by atoms with Crippen molar-refractivity contribution in [3.8, 4) is 11.5 Å². The summed E-state index contributed by atoms with van der Waals surface area (Å²) in [6.45, 7) is -0.408. The van der Waals surface area contributed by atoms with E-state index in [1.54, 1.807) is 12.1 Å². The maximum Gasteiger partial charge on any atom is 0.322 e. The van der Waals surface area contributed by atoms with Crippen molar-refractivity contribution in [2.45, 2.75) is 13.0 Å². The summed E-state index contributed by atoms with van der Waals surface area (Å²) in [4.78, 5) is 40.8. The molecule has 0 bridgehead atoms. The van der Waals surface area contributed by atoms with E-state index >= 15 is 0 Å². The first-order valence-electron chi connectivity index (χ1n) is 8.93. The number of pyridine rings is 1. The van der Waals surface area contributed by atoms with Gasteiger partial charge in [-0.15, -0.1) is 0 Å². The SMILES string of the molecule is O=C(O)CNC(=O)C1=C(O)CCN(Cc2ccc(Oc3ccc(F)cc3)cn2)C1=O. The Morgan fingerprint density at radius 1 is 1.17 bits per heavy atom. The van der Waals surface area contributed by atoms with Crippen molar-refractivity contribution in [2.24, 2.45) is 0 Å². The van der Waals surface area contributed by atoms with E-state index in [0.717, 1.165) is 0 Å². The highest BCUT2D eigenvalue weighted by atomic mass is 19.1. The third-order valence-electron chi connectivity index (χ3n) is 4.24. The number of carbonyl (C=O) groups is 3. The molecule has 1 aliphatic heterocycles. The number of carboxylic acids is 1. The molecule has 10 heteroatoms. The molecular weight excluding hydrogens is 397 g/mol. The van der Waals surface area contributed by atoms with E-state index in [2.05, 4.69) is 10.3 Å². The number of carboxylic acid groups (broad SMARTS) is 1. The molecule has 0 saturated carbocycles. The summed E-state index contributed by atoms with van der Waals surface area (Å²) in [7, 11) is 0. The second-order valence-corrected chi connectivity index (χ2v) is 6.42. The van der Waals surface area contributed by atoms with Crippen LogP contribution in [-0.2, 0) is 20.9 Å². The molecule has 156 valence electrons. The lowest BCUT2D eigenvalue weighted by Crippen LogP contribution is -2.43. The van der Waals surface area contributed by atoms with Crippen molar-refractivity contribution in [3.63, 3.8) is 0 Å². The summed E-state index contributed by atoms with van der Waals surface area (Å²) < 4.78 is 18.5. The van der Waals surface area contributed by atoms with Crippen LogP contribution in [0.2, 0.25) is 0 Å². The van der Waals surface area contributed by atoms with Gasteiger partial charge in [0.25, 0.3) is 11.8 Å². The molecule has 0 atom stereocenters. The highest BCUT2D eigenvalue weighted by molar-refractivity contribution is 6.19. The molecule has 30 heavy (non-hydrogen) atoms. The molecule has 2 heterocycles. The zero-order chi connectivity index (χ0) is 21.7. The predicted molar refractivity (Wildman–Crippen MR) is 101 cm³/mol. The predicted octanol–water partition coefficient (Wildman–Crippen LogP) is 1.76. The number of aromatic nitrogens is 1. The van der Waals surface area contributed by atoms with E-state index in [4.69, 9.17) is 9.84 Å². The zero-order valence-corrected chi connectivity index (χ0v) is 15.7. The number of nitrogens with zero attached hydrogens (tertiary/aromatic N) is 2. The van der Waals surface area contributed by atoms with Gasteiger partial charge in [-0.2, -0.15) is 0 Å². The molecule has 3 rings (SSSR count). The van der Waals surface area contributed by atoms with Gasteiger partial charge < -0.3 is 25.2 Å². The number of aliphatic carboxylic acids is 1. The van der Waals surface area contributed by atoms with Gasteiger partial charge in [-0.3, -0.25) is 19.4 Å². The van der Waals surface area contributed by atoms with Crippen molar-refractivity contribution in [2.75, 3.05) is 13.1 Å². The average molecular weight is 415 g/mol. The van der Waals surface area contributed by atoms with Gasteiger partial charge in [-0.1, -0.05) is 0 Å². The number of ether oxygens (including phenoxy) is 1. The molecule has 1 aromatic carbocycles. The lowest BCUT2D eigenvalue weighted by molar-refractivity contribution is -0.138. The number of hydrogen-bond donors (Lipinski definition) is 3. The summed E-state index contributed by atoms with van der Waals surface area (Å²) in [6.07, 6.45) is 1.51. The van der Waals surface area contributed by atoms with Crippen LogP contribution in [0.5, 0.6) is 11.5 Å². The number of amides is 2. The van der Waals surface area contributed by atoms with E-state index in [9.17, 15) is 23.9 Å². The third kappa shape index (κ3) is 5.10. The van der Waals surface area contributed by atoms with Gasteiger partial charge in [0.2, 0.25) is 0 Å². The van der Waals surface area contributed by atoms with E-state index in [1.807, 2.05) is 0 Å². The Balaban J connectivity index is 1.64. The minimum atomic E-state index is -1.27. The molecule has 2 aromatic rings. The average Bonchev–Trinajstić information content (AvgIpc) is 2.72. The van der Waals surface area contributed by atoms with Gasteiger partial charge in [0.05, 0.1) is 18.4 Å². The summed E-state index contributed by atoms with van der Waals surface area (Å²) >= 11 is 0. The summed E-state index contributed by atoms with van der Waals surface area (Å²) in [5.74, 6) is -2.82. The van der Waals surface area contributed by atoms with Gasteiger partial charge >= 0.3 is 5.97 Å². The van der Waals surface area contributed by atoms with Crippen LogP contribution in [0.3, 0.4) is 0 Å². The van der Waals surface area contributed by atoms with Crippen molar-refractivity contribution in [3.05, 3.63) is 65.4 Å². The lowest BCUT2D eigenvalue weighted by Gasteiger charge is -2.27. The number of aliphatic hydroxyl groups excluding tert-OH is 1. The van der Waals surface area contributed by atoms with Crippen molar-refractivity contribution >= 4 is 17.8 Å². The number of rotatable bonds is 7. The maximum absolute atomic E-state index is 12.9. The largest absolute Gasteiger partial charge is 0.511 e.